The number of unbranched alkanes of at least 4 members (excludes halogenated alkanes) is 5. The van der Waals surface area contributed by atoms with Crippen molar-refractivity contribution in [3.63, 3.8) is 0 Å². The first kappa shape index (κ1) is 21.1. The molecule has 2 rings (SSSR count). The molecule has 0 saturated heterocycles. The van der Waals surface area contributed by atoms with Crippen molar-refractivity contribution >= 4 is 5.97 Å². The first-order chi connectivity index (χ1) is 13.1. The van der Waals surface area contributed by atoms with Crippen LogP contribution in [0.15, 0.2) is 36.7 Å². The van der Waals surface area contributed by atoms with Crippen LogP contribution in [0.1, 0.15) is 71.3 Å². The van der Waals surface area contributed by atoms with E-state index in [2.05, 4.69) is 16.9 Å². The third-order valence-electron chi connectivity index (χ3n) is 4.87. The smallest absolute Gasteiger partial charge is 0.314 e. The van der Waals surface area contributed by atoms with Crippen LogP contribution in [-0.4, -0.2) is 15.9 Å². The van der Waals surface area contributed by atoms with E-state index in [1.165, 1.54) is 44.1 Å². The maximum Gasteiger partial charge on any atom is 0.314 e. The summed E-state index contributed by atoms with van der Waals surface area (Å²) < 4.78 is 5.38. The number of carbonyl (C=O) groups is 1. The third kappa shape index (κ3) is 7.12. The average molecular weight is 369 g/mol. The molecule has 1 aromatic heterocycles. The van der Waals surface area contributed by atoms with E-state index in [-0.39, 0.29) is 11.9 Å². The number of carbonyl (C=O) groups excluding carboxylic acids is 1. The molecule has 0 aliphatic rings. The van der Waals surface area contributed by atoms with Crippen molar-refractivity contribution in [3.05, 3.63) is 42.2 Å². The van der Waals surface area contributed by atoms with Crippen LogP contribution in [0.25, 0.3) is 11.4 Å². The van der Waals surface area contributed by atoms with E-state index in [0.717, 1.165) is 18.4 Å². The number of rotatable bonds is 11. The standard InChI is InChI=1S/C23H32N2O2/c1-4-6-7-8-9-10-11-19-16-24-22(25-17-19)20-12-14-21(15-13-20)27-23(26)18(3)5-2/h12-18H,4-11H2,1-3H3. The molecule has 0 spiro atoms. The lowest BCUT2D eigenvalue weighted by molar-refractivity contribution is -0.138. The summed E-state index contributed by atoms with van der Waals surface area (Å²) in [4.78, 5) is 20.8. The topological polar surface area (TPSA) is 52.1 Å². The summed E-state index contributed by atoms with van der Waals surface area (Å²) >= 11 is 0. The van der Waals surface area contributed by atoms with E-state index in [1.54, 1.807) is 12.1 Å². The molecule has 0 aliphatic heterocycles. The second-order valence-electron chi connectivity index (χ2n) is 7.19. The first-order valence-corrected chi connectivity index (χ1v) is 10.3. The Kier molecular flexibility index (Phi) is 8.96. The van der Waals surface area contributed by atoms with Gasteiger partial charge < -0.3 is 4.74 Å². The molecule has 0 fully saturated rings. The van der Waals surface area contributed by atoms with Crippen molar-refractivity contribution in [2.24, 2.45) is 5.92 Å². The van der Waals surface area contributed by atoms with Crippen LogP contribution in [0.2, 0.25) is 0 Å². The van der Waals surface area contributed by atoms with Crippen molar-refractivity contribution in [1.29, 1.82) is 0 Å². The van der Waals surface area contributed by atoms with Crippen LogP contribution < -0.4 is 4.74 Å². The zero-order valence-electron chi connectivity index (χ0n) is 16.9. The summed E-state index contributed by atoms with van der Waals surface area (Å²) in [5.41, 5.74) is 2.11. The summed E-state index contributed by atoms with van der Waals surface area (Å²) in [5, 5.41) is 0. The highest BCUT2D eigenvalue weighted by Gasteiger charge is 2.13. The summed E-state index contributed by atoms with van der Waals surface area (Å²) in [7, 11) is 0. The quantitative estimate of drug-likeness (QED) is 0.277. The van der Waals surface area contributed by atoms with E-state index in [9.17, 15) is 4.79 Å². The van der Waals surface area contributed by atoms with Crippen molar-refractivity contribution in [3.8, 4) is 17.1 Å². The van der Waals surface area contributed by atoms with Crippen LogP contribution >= 0.6 is 0 Å². The van der Waals surface area contributed by atoms with Gasteiger partial charge in [0.1, 0.15) is 5.75 Å². The molecule has 0 saturated carbocycles. The fraction of sp³-hybridized carbons (Fsp3) is 0.522. The molecule has 0 aliphatic carbocycles. The van der Waals surface area contributed by atoms with E-state index in [0.29, 0.717) is 11.6 Å². The third-order valence-corrected chi connectivity index (χ3v) is 4.87. The Hall–Kier alpha value is -2.23. The molecule has 0 amide bonds. The minimum atomic E-state index is -0.194. The molecule has 0 N–H and O–H groups in total. The van der Waals surface area contributed by atoms with Crippen molar-refractivity contribution in [2.75, 3.05) is 0 Å². The highest BCUT2D eigenvalue weighted by molar-refractivity contribution is 5.74. The molecule has 1 aromatic carbocycles. The molecule has 0 bridgehead atoms. The summed E-state index contributed by atoms with van der Waals surface area (Å²) in [6, 6.07) is 7.37. The molecule has 27 heavy (non-hydrogen) atoms. The zero-order valence-corrected chi connectivity index (χ0v) is 16.9. The van der Waals surface area contributed by atoms with Gasteiger partial charge in [0.2, 0.25) is 0 Å². The molecular weight excluding hydrogens is 336 g/mol. The number of hydrogen-bond donors (Lipinski definition) is 0. The average Bonchev–Trinajstić information content (AvgIpc) is 2.71. The molecule has 146 valence electrons. The van der Waals surface area contributed by atoms with Crippen molar-refractivity contribution in [2.45, 2.75) is 72.1 Å². The highest BCUT2D eigenvalue weighted by Crippen LogP contribution is 2.20. The normalized spacial score (nSPS) is 12.0. The van der Waals surface area contributed by atoms with Gasteiger partial charge in [0.15, 0.2) is 5.82 Å². The van der Waals surface area contributed by atoms with Crippen LogP contribution in [0.5, 0.6) is 5.75 Å². The first-order valence-electron chi connectivity index (χ1n) is 10.3. The minimum Gasteiger partial charge on any atom is -0.426 e. The summed E-state index contributed by atoms with van der Waals surface area (Å²) in [5.74, 6) is 0.970. The number of benzene rings is 1. The summed E-state index contributed by atoms with van der Waals surface area (Å²) in [6.45, 7) is 6.09. The number of aromatic nitrogens is 2. The second kappa shape index (κ2) is 11.5. The predicted octanol–water partition coefficient (Wildman–Crippen LogP) is 6.00. The van der Waals surface area contributed by atoms with Gasteiger partial charge in [-0.1, -0.05) is 52.9 Å². The lowest BCUT2D eigenvalue weighted by Crippen LogP contribution is -2.16. The lowest BCUT2D eigenvalue weighted by atomic mass is 10.1. The van der Waals surface area contributed by atoms with E-state index < -0.39 is 0 Å². The van der Waals surface area contributed by atoms with Gasteiger partial charge in [0.25, 0.3) is 0 Å². The number of ether oxygens (including phenoxy) is 1. The van der Waals surface area contributed by atoms with Gasteiger partial charge in [-0.15, -0.1) is 0 Å². The maximum atomic E-state index is 11.8. The van der Waals surface area contributed by atoms with Crippen LogP contribution in [-0.2, 0) is 11.2 Å². The number of esters is 1. The van der Waals surface area contributed by atoms with Gasteiger partial charge >= 0.3 is 5.97 Å². The fourth-order valence-electron chi connectivity index (χ4n) is 2.80. The molecule has 4 nitrogen and oxygen atoms in total. The molecule has 4 heteroatoms. The Balaban J connectivity index is 1.84. The van der Waals surface area contributed by atoms with Gasteiger partial charge in [-0.05, 0) is 49.1 Å². The molecular formula is C23H32N2O2. The number of aryl methyl sites for hydroxylation is 1. The van der Waals surface area contributed by atoms with Gasteiger partial charge in [-0.25, -0.2) is 9.97 Å². The maximum absolute atomic E-state index is 11.8. The SMILES string of the molecule is CCCCCCCCc1cnc(-c2ccc(OC(=O)C(C)CC)cc2)nc1. The Morgan fingerprint density at radius 2 is 1.59 bits per heavy atom. The minimum absolute atomic E-state index is 0.0906. The second-order valence-corrected chi connectivity index (χ2v) is 7.19. The highest BCUT2D eigenvalue weighted by atomic mass is 16.5. The van der Waals surface area contributed by atoms with Crippen molar-refractivity contribution in [1.82, 2.24) is 9.97 Å². The predicted molar refractivity (Wildman–Crippen MR) is 110 cm³/mol. The fourth-order valence-corrected chi connectivity index (χ4v) is 2.80. The Morgan fingerprint density at radius 1 is 0.963 bits per heavy atom. The molecule has 1 atom stereocenters. The Labute approximate surface area is 163 Å². The van der Waals surface area contributed by atoms with Crippen LogP contribution in [0.3, 0.4) is 0 Å². The summed E-state index contributed by atoms with van der Waals surface area (Å²) in [6.07, 6.45) is 13.4. The van der Waals surface area contributed by atoms with Gasteiger partial charge in [0, 0.05) is 18.0 Å². The van der Waals surface area contributed by atoms with E-state index in [1.807, 2.05) is 38.4 Å². The van der Waals surface area contributed by atoms with Crippen LogP contribution in [0.4, 0.5) is 0 Å². The monoisotopic (exact) mass is 368 g/mol. The van der Waals surface area contributed by atoms with Gasteiger partial charge in [0.05, 0.1) is 5.92 Å². The number of nitrogens with zero attached hydrogens (tertiary/aromatic N) is 2. The van der Waals surface area contributed by atoms with Crippen LogP contribution in [0, 0.1) is 5.92 Å². The molecule has 0 radical (unpaired) electrons. The number of hydrogen-bond acceptors (Lipinski definition) is 4. The van der Waals surface area contributed by atoms with Crippen molar-refractivity contribution < 1.29 is 9.53 Å². The van der Waals surface area contributed by atoms with E-state index in [4.69, 9.17) is 4.74 Å². The van der Waals surface area contributed by atoms with Gasteiger partial charge in [-0.3, -0.25) is 4.79 Å². The Bertz CT molecular complexity index is 681. The van der Waals surface area contributed by atoms with Gasteiger partial charge in [-0.2, -0.15) is 0 Å². The molecule has 2 aromatic rings. The largest absolute Gasteiger partial charge is 0.426 e. The molecule has 1 heterocycles. The lowest BCUT2D eigenvalue weighted by Gasteiger charge is -2.09. The molecule has 1 unspecified atom stereocenters. The Morgan fingerprint density at radius 3 is 2.22 bits per heavy atom. The zero-order chi connectivity index (χ0) is 19.5. The van der Waals surface area contributed by atoms with E-state index >= 15 is 0 Å².